The van der Waals surface area contributed by atoms with Crippen molar-refractivity contribution in [3.8, 4) is 17.2 Å². The Bertz CT molecular complexity index is 572. The van der Waals surface area contributed by atoms with Gasteiger partial charge < -0.3 is 19.1 Å². The summed E-state index contributed by atoms with van der Waals surface area (Å²) in [5, 5.41) is 0. The number of halogens is 1. The number of rotatable bonds is 5. The molecule has 1 aromatic rings. The van der Waals surface area contributed by atoms with E-state index in [0.29, 0.717) is 5.75 Å². The fourth-order valence-corrected chi connectivity index (χ4v) is 2.22. The molecule has 1 aliphatic rings. The Kier molecular flexibility index (Phi) is 3.78. The second kappa shape index (κ2) is 5.36. The Morgan fingerprint density at radius 1 is 1.10 bits per heavy atom. The molecule has 0 saturated carbocycles. The summed E-state index contributed by atoms with van der Waals surface area (Å²) in [5.41, 5.74) is 0.343. The minimum absolute atomic E-state index is 0.0728. The number of hydrogen-bond acceptors (Lipinski definition) is 5. The third kappa shape index (κ3) is 1.86. The predicted molar refractivity (Wildman–Crippen MR) is 68.8 cm³/mol. The standard InChI is InChI=1S/C13H14FNO5/c1-18-8-6-7-9(12(20-3)11(8)19-2)10(16)13(17)15(7)5-4-14/h6H,4-5H2,1-3H3. The van der Waals surface area contributed by atoms with Crippen molar-refractivity contribution in [3.05, 3.63) is 11.6 Å². The monoisotopic (exact) mass is 283 g/mol. The van der Waals surface area contributed by atoms with Gasteiger partial charge in [0.25, 0.3) is 11.7 Å². The highest BCUT2D eigenvalue weighted by Gasteiger charge is 2.40. The molecule has 0 spiro atoms. The van der Waals surface area contributed by atoms with Crippen LogP contribution in [-0.2, 0) is 4.79 Å². The first kappa shape index (κ1) is 14.1. The molecule has 1 aromatic carbocycles. The summed E-state index contributed by atoms with van der Waals surface area (Å²) < 4.78 is 28.0. The van der Waals surface area contributed by atoms with Gasteiger partial charge in [-0.1, -0.05) is 0 Å². The number of methoxy groups -OCH3 is 3. The van der Waals surface area contributed by atoms with Gasteiger partial charge in [0, 0.05) is 6.07 Å². The van der Waals surface area contributed by atoms with E-state index in [1.165, 1.54) is 27.4 Å². The molecule has 108 valence electrons. The van der Waals surface area contributed by atoms with Gasteiger partial charge in [0.2, 0.25) is 5.75 Å². The van der Waals surface area contributed by atoms with E-state index in [4.69, 9.17) is 14.2 Å². The van der Waals surface area contributed by atoms with Crippen molar-refractivity contribution in [1.29, 1.82) is 0 Å². The van der Waals surface area contributed by atoms with E-state index < -0.39 is 18.4 Å². The van der Waals surface area contributed by atoms with Gasteiger partial charge in [-0.2, -0.15) is 0 Å². The number of carbonyl (C=O) groups is 2. The quantitative estimate of drug-likeness (QED) is 0.760. The number of nitrogens with zero attached hydrogens (tertiary/aromatic N) is 1. The zero-order valence-corrected chi connectivity index (χ0v) is 11.4. The summed E-state index contributed by atoms with van der Waals surface area (Å²) in [6.07, 6.45) is 0. The molecule has 0 atom stereocenters. The van der Waals surface area contributed by atoms with Crippen LogP contribution in [0.25, 0.3) is 0 Å². The molecule has 1 amide bonds. The van der Waals surface area contributed by atoms with Crippen molar-refractivity contribution < 1.29 is 28.2 Å². The number of benzene rings is 1. The molecule has 0 radical (unpaired) electrons. The van der Waals surface area contributed by atoms with Crippen molar-refractivity contribution in [2.24, 2.45) is 0 Å². The molecule has 0 aliphatic carbocycles. The van der Waals surface area contributed by atoms with Gasteiger partial charge in [-0.15, -0.1) is 0 Å². The lowest BCUT2D eigenvalue weighted by Gasteiger charge is -2.18. The minimum atomic E-state index is -0.786. The topological polar surface area (TPSA) is 65.1 Å². The molecule has 0 N–H and O–H groups in total. The average molecular weight is 283 g/mol. The third-order valence-corrected chi connectivity index (χ3v) is 3.07. The molecule has 20 heavy (non-hydrogen) atoms. The molecule has 6 nitrogen and oxygen atoms in total. The van der Waals surface area contributed by atoms with Crippen LogP contribution >= 0.6 is 0 Å². The second-order valence-corrected chi connectivity index (χ2v) is 4.01. The first-order chi connectivity index (χ1) is 9.60. The zero-order valence-electron chi connectivity index (χ0n) is 11.4. The van der Waals surface area contributed by atoms with Crippen molar-refractivity contribution in [1.82, 2.24) is 0 Å². The number of alkyl halides is 1. The van der Waals surface area contributed by atoms with Crippen molar-refractivity contribution in [2.45, 2.75) is 0 Å². The molecule has 0 unspecified atom stereocenters. The lowest BCUT2D eigenvalue weighted by atomic mass is 10.1. The summed E-state index contributed by atoms with van der Waals surface area (Å²) in [4.78, 5) is 25.0. The maximum absolute atomic E-state index is 12.6. The zero-order chi connectivity index (χ0) is 14.9. The Hall–Kier alpha value is -2.31. The summed E-state index contributed by atoms with van der Waals surface area (Å²) in [7, 11) is 4.17. The predicted octanol–water partition coefficient (Wildman–Crippen LogP) is 1.21. The van der Waals surface area contributed by atoms with E-state index in [2.05, 4.69) is 0 Å². The van der Waals surface area contributed by atoms with Gasteiger partial charge in [0.1, 0.15) is 6.67 Å². The van der Waals surface area contributed by atoms with Gasteiger partial charge in [0.15, 0.2) is 11.5 Å². The molecule has 0 saturated heterocycles. The molecule has 1 aliphatic heterocycles. The first-order valence-electron chi connectivity index (χ1n) is 5.85. The number of anilines is 1. The van der Waals surface area contributed by atoms with Gasteiger partial charge in [-0.05, 0) is 0 Å². The largest absolute Gasteiger partial charge is 0.493 e. The van der Waals surface area contributed by atoms with Crippen LogP contribution in [-0.4, -0.2) is 46.2 Å². The van der Waals surface area contributed by atoms with Crippen LogP contribution in [0, 0.1) is 0 Å². The highest BCUT2D eigenvalue weighted by atomic mass is 19.1. The van der Waals surface area contributed by atoms with Crippen LogP contribution in [0.15, 0.2) is 6.07 Å². The van der Waals surface area contributed by atoms with E-state index in [9.17, 15) is 14.0 Å². The molecule has 2 rings (SSSR count). The van der Waals surface area contributed by atoms with Crippen LogP contribution in [0.5, 0.6) is 17.2 Å². The Morgan fingerprint density at radius 3 is 2.25 bits per heavy atom. The smallest absolute Gasteiger partial charge is 0.299 e. The van der Waals surface area contributed by atoms with Crippen LogP contribution < -0.4 is 19.1 Å². The highest BCUT2D eigenvalue weighted by molar-refractivity contribution is 6.53. The Labute approximate surface area is 115 Å². The van der Waals surface area contributed by atoms with E-state index in [0.717, 1.165) is 4.90 Å². The van der Waals surface area contributed by atoms with E-state index in [1.54, 1.807) is 0 Å². The number of amides is 1. The second-order valence-electron chi connectivity index (χ2n) is 4.01. The van der Waals surface area contributed by atoms with Gasteiger partial charge in [-0.3, -0.25) is 9.59 Å². The molecule has 0 fully saturated rings. The molecule has 0 aromatic heterocycles. The highest BCUT2D eigenvalue weighted by Crippen LogP contribution is 2.47. The van der Waals surface area contributed by atoms with Crippen molar-refractivity contribution >= 4 is 17.4 Å². The normalized spacial score (nSPS) is 13.5. The summed E-state index contributed by atoms with van der Waals surface area (Å²) in [6, 6.07) is 1.47. The van der Waals surface area contributed by atoms with E-state index in [-0.39, 0.29) is 29.3 Å². The molecular weight excluding hydrogens is 269 g/mol. The summed E-state index contributed by atoms with van der Waals surface area (Å²) in [6.45, 7) is -0.953. The minimum Gasteiger partial charge on any atom is -0.493 e. The summed E-state index contributed by atoms with van der Waals surface area (Å²) >= 11 is 0. The SMILES string of the molecule is COc1cc2c(c(OC)c1OC)C(=O)C(=O)N2CCF. The van der Waals surface area contributed by atoms with Crippen LogP contribution in [0.1, 0.15) is 10.4 Å². The van der Waals surface area contributed by atoms with Crippen LogP contribution in [0.2, 0.25) is 0 Å². The third-order valence-electron chi connectivity index (χ3n) is 3.07. The summed E-state index contributed by atoms with van der Waals surface area (Å²) in [5.74, 6) is -0.898. The number of ether oxygens (including phenoxy) is 3. The first-order valence-corrected chi connectivity index (χ1v) is 5.85. The van der Waals surface area contributed by atoms with Crippen LogP contribution in [0.3, 0.4) is 0 Å². The van der Waals surface area contributed by atoms with Crippen molar-refractivity contribution in [2.75, 3.05) is 39.4 Å². The molecular formula is C13H14FNO5. The number of ketones is 1. The van der Waals surface area contributed by atoms with E-state index in [1.807, 2.05) is 0 Å². The molecule has 7 heteroatoms. The molecule has 1 heterocycles. The maximum Gasteiger partial charge on any atom is 0.299 e. The van der Waals surface area contributed by atoms with Gasteiger partial charge in [0.05, 0.1) is 39.1 Å². The maximum atomic E-state index is 12.6. The fourth-order valence-electron chi connectivity index (χ4n) is 2.22. The van der Waals surface area contributed by atoms with Crippen molar-refractivity contribution in [3.63, 3.8) is 0 Å². The van der Waals surface area contributed by atoms with Gasteiger partial charge >= 0.3 is 0 Å². The number of carbonyl (C=O) groups excluding carboxylic acids is 2. The van der Waals surface area contributed by atoms with Crippen LogP contribution in [0.4, 0.5) is 10.1 Å². The lowest BCUT2D eigenvalue weighted by molar-refractivity contribution is -0.114. The molecule has 0 bridgehead atoms. The number of hydrogen-bond donors (Lipinski definition) is 0. The number of Topliss-reactive ketones (excluding diaryl/α,β-unsaturated/α-hetero) is 1. The van der Waals surface area contributed by atoms with Gasteiger partial charge in [-0.25, -0.2) is 4.39 Å². The Balaban J connectivity index is 2.72. The lowest BCUT2D eigenvalue weighted by Crippen LogP contribution is -2.31. The number of fused-ring (bicyclic) bond motifs is 1. The van der Waals surface area contributed by atoms with E-state index >= 15 is 0 Å². The average Bonchev–Trinajstić information content (AvgIpc) is 2.70. The fraction of sp³-hybridized carbons (Fsp3) is 0.385. The Morgan fingerprint density at radius 2 is 1.75 bits per heavy atom.